The molecule has 0 aliphatic carbocycles. The van der Waals surface area contributed by atoms with E-state index in [0.717, 1.165) is 35.6 Å². The molecule has 2 heterocycles. The normalized spacial score (nSPS) is 16.1. The van der Waals surface area contributed by atoms with Gasteiger partial charge in [0.2, 0.25) is 10.0 Å². The van der Waals surface area contributed by atoms with E-state index >= 15 is 0 Å². The van der Waals surface area contributed by atoms with Crippen molar-refractivity contribution in [2.24, 2.45) is 0 Å². The van der Waals surface area contributed by atoms with Gasteiger partial charge < -0.3 is 9.64 Å². The zero-order valence-electron chi connectivity index (χ0n) is 14.4. The van der Waals surface area contributed by atoms with Gasteiger partial charge >= 0.3 is 6.36 Å². The molecule has 29 heavy (non-hydrogen) atoms. The maximum absolute atomic E-state index is 12.7. The summed E-state index contributed by atoms with van der Waals surface area (Å²) in [5.74, 6) is -0.859. The summed E-state index contributed by atoms with van der Waals surface area (Å²) in [5.41, 5.74) is 0.262. The maximum atomic E-state index is 12.7. The Labute approximate surface area is 178 Å². The molecule has 0 saturated carbocycles. The number of sulfonamides is 1. The second-order valence-corrected chi connectivity index (χ2v) is 10.2. The number of ether oxygens (including phenoxy) is 1. The number of nitrogens with zero attached hydrogens (tertiary/aromatic N) is 2. The van der Waals surface area contributed by atoms with Crippen molar-refractivity contribution in [1.29, 1.82) is 0 Å². The van der Waals surface area contributed by atoms with E-state index in [9.17, 15) is 26.4 Å². The summed E-state index contributed by atoms with van der Waals surface area (Å²) in [4.78, 5) is 13.8. The van der Waals surface area contributed by atoms with Crippen LogP contribution in [0.2, 0.25) is 8.67 Å². The minimum Gasteiger partial charge on any atom is -0.406 e. The molecule has 1 aromatic carbocycles. The molecule has 1 aromatic heterocycles. The zero-order chi connectivity index (χ0) is 21.4. The molecule has 0 bridgehead atoms. The Balaban J connectivity index is 1.66. The summed E-state index contributed by atoms with van der Waals surface area (Å²) in [6, 6.07) is 5.41. The highest BCUT2D eigenvalue weighted by Crippen LogP contribution is 2.32. The lowest BCUT2D eigenvalue weighted by atomic mass is 10.2. The van der Waals surface area contributed by atoms with Gasteiger partial charge in [0.25, 0.3) is 5.91 Å². The molecule has 0 radical (unpaired) electrons. The van der Waals surface area contributed by atoms with Crippen molar-refractivity contribution in [2.45, 2.75) is 11.3 Å². The van der Waals surface area contributed by atoms with Gasteiger partial charge in [-0.05, 0) is 30.3 Å². The first-order valence-corrected chi connectivity index (χ1v) is 11.1. The molecule has 1 saturated heterocycles. The second kappa shape index (κ2) is 8.31. The number of hydrogen-bond donors (Lipinski definition) is 0. The second-order valence-electron chi connectivity index (χ2n) is 5.95. The van der Waals surface area contributed by atoms with Gasteiger partial charge in [0, 0.05) is 26.2 Å². The first kappa shape index (κ1) is 22.2. The Morgan fingerprint density at radius 1 is 1.07 bits per heavy atom. The smallest absolute Gasteiger partial charge is 0.406 e. The van der Waals surface area contributed by atoms with Gasteiger partial charge in [-0.2, -0.15) is 4.31 Å². The lowest BCUT2D eigenvalue weighted by Crippen LogP contribution is -2.50. The van der Waals surface area contributed by atoms with Crippen molar-refractivity contribution in [2.75, 3.05) is 26.2 Å². The van der Waals surface area contributed by atoms with E-state index in [0.29, 0.717) is 4.34 Å². The van der Waals surface area contributed by atoms with Crippen LogP contribution in [0.5, 0.6) is 5.75 Å². The Kier molecular flexibility index (Phi) is 6.35. The Hall–Kier alpha value is -1.53. The summed E-state index contributed by atoms with van der Waals surface area (Å²) >= 11 is 12.9. The number of alkyl halides is 3. The number of carbonyl (C=O) groups is 1. The number of thiophene rings is 1. The minimum absolute atomic E-state index is 0.0321. The quantitative estimate of drug-likeness (QED) is 0.649. The average Bonchev–Trinajstić information content (AvgIpc) is 2.98. The van der Waals surface area contributed by atoms with Gasteiger partial charge in [0.05, 0.1) is 14.8 Å². The zero-order valence-corrected chi connectivity index (χ0v) is 17.6. The molecule has 1 fully saturated rings. The number of hydrogen-bond acceptors (Lipinski definition) is 5. The summed E-state index contributed by atoms with van der Waals surface area (Å²) in [6.07, 6.45) is -4.86. The van der Waals surface area contributed by atoms with Crippen LogP contribution >= 0.6 is 34.5 Å². The molecular weight excluding hydrogens is 476 g/mol. The van der Waals surface area contributed by atoms with E-state index in [1.54, 1.807) is 0 Å². The molecule has 1 amide bonds. The van der Waals surface area contributed by atoms with Crippen molar-refractivity contribution in [1.82, 2.24) is 9.21 Å². The molecule has 3 rings (SSSR count). The monoisotopic (exact) mass is 488 g/mol. The maximum Gasteiger partial charge on any atom is 0.573 e. The molecule has 0 unspecified atom stereocenters. The third-order valence-corrected chi connectivity index (χ3v) is 7.51. The SMILES string of the molecule is O=C(c1cc(Cl)sc1Cl)N1CCN(S(=O)(=O)c2ccc(OC(F)(F)F)cc2)CC1. The fourth-order valence-corrected chi connectivity index (χ4v) is 5.62. The van der Waals surface area contributed by atoms with Crippen LogP contribution in [0.1, 0.15) is 10.4 Å². The predicted molar refractivity (Wildman–Crippen MR) is 102 cm³/mol. The fourth-order valence-electron chi connectivity index (χ4n) is 2.75. The van der Waals surface area contributed by atoms with Crippen LogP contribution in [0, 0.1) is 0 Å². The van der Waals surface area contributed by atoms with E-state index in [1.165, 1.54) is 15.3 Å². The van der Waals surface area contributed by atoms with Gasteiger partial charge in [0.1, 0.15) is 10.1 Å². The van der Waals surface area contributed by atoms with Crippen LogP contribution in [0.4, 0.5) is 13.2 Å². The number of carbonyl (C=O) groups excluding carboxylic acids is 1. The lowest BCUT2D eigenvalue weighted by molar-refractivity contribution is -0.274. The Morgan fingerprint density at radius 2 is 1.66 bits per heavy atom. The minimum atomic E-state index is -4.86. The fraction of sp³-hybridized carbons (Fsp3) is 0.312. The third-order valence-electron chi connectivity index (χ3n) is 4.11. The van der Waals surface area contributed by atoms with E-state index in [-0.39, 0.29) is 46.9 Å². The van der Waals surface area contributed by atoms with E-state index in [1.807, 2.05) is 0 Å². The van der Waals surface area contributed by atoms with Crippen molar-refractivity contribution in [3.05, 3.63) is 44.6 Å². The van der Waals surface area contributed by atoms with Gasteiger partial charge in [-0.3, -0.25) is 4.79 Å². The van der Waals surface area contributed by atoms with Crippen LogP contribution in [-0.4, -0.2) is 56.1 Å². The van der Waals surface area contributed by atoms with Crippen LogP contribution in [-0.2, 0) is 10.0 Å². The van der Waals surface area contributed by atoms with E-state index in [2.05, 4.69) is 4.74 Å². The number of piperazine rings is 1. The van der Waals surface area contributed by atoms with Crippen molar-refractivity contribution in [3.63, 3.8) is 0 Å². The average molecular weight is 489 g/mol. The first-order valence-electron chi connectivity index (χ1n) is 8.07. The van der Waals surface area contributed by atoms with Crippen LogP contribution in [0.3, 0.4) is 0 Å². The summed E-state index contributed by atoms with van der Waals surface area (Å²) in [5, 5.41) is 0. The first-order chi connectivity index (χ1) is 13.5. The van der Waals surface area contributed by atoms with Gasteiger partial charge in [-0.1, -0.05) is 23.2 Å². The molecule has 0 atom stereocenters. The third kappa shape index (κ3) is 5.15. The van der Waals surface area contributed by atoms with Gasteiger partial charge in [0.15, 0.2) is 0 Å². The molecule has 2 aromatic rings. The topological polar surface area (TPSA) is 66.9 Å². The molecule has 1 aliphatic heterocycles. The Morgan fingerprint density at radius 3 is 2.14 bits per heavy atom. The highest BCUT2D eigenvalue weighted by atomic mass is 35.5. The molecule has 0 N–H and O–H groups in total. The van der Waals surface area contributed by atoms with Crippen LogP contribution < -0.4 is 4.74 Å². The lowest BCUT2D eigenvalue weighted by Gasteiger charge is -2.34. The van der Waals surface area contributed by atoms with Crippen LogP contribution in [0.15, 0.2) is 35.2 Å². The largest absolute Gasteiger partial charge is 0.573 e. The molecule has 13 heteroatoms. The van der Waals surface area contributed by atoms with Crippen LogP contribution in [0.25, 0.3) is 0 Å². The number of amides is 1. The predicted octanol–water partition coefficient (Wildman–Crippen LogP) is 4.10. The van der Waals surface area contributed by atoms with Crippen molar-refractivity contribution < 1.29 is 31.1 Å². The van der Waals surface area contributed by atoms with Crippen molar-refractivity contribution in [3.8, 4) is 5.75 Å². The van der Waals surface area contributed by atoms with E-state index in [4.69, 9.17) is 23.2 Å². The summed E-state index contributed by atoms with van der Waals surface area (Å²) < 4.78 is 67.6. The molecule has 6 nitrogen and oxygen atoms in total. The van der Waals surface area contributed by atoms with Gasteiger partial charge in [-0.25, -0.2) is 8.42 Å². The van der Waals surface area contributed by atoms with Gasteiger partial charge in [-0.15, -0.1) is 24.5 Å². The number of halogens is 5. The molecule has 1 aliphatic rings. The standard InChI is InChI=1S/C16H13Cl2F3N2O4S2/c17-13-9-12(14(18)28-13)15(24)22-5-7-23(8-6-22)29(25,26)11-3-1-10(2-4-11)27-16(19,20)21/h1-4,9H,5-8H2. The van der Waals surface area contributed by atoms with E-state index < -0.39 is 22.1 Å². The Bertz CT molecular complexity index is 1000. The highest BCUT2D eigenvalue weighted by molar-refractivity contribution is 7.89. The van der Waals surface area contributed by atoms with Crippen molar-refractivity contribution >= 4 is 50.5 Å². The highest BCUT2D eigenvalue weighted by Gasteiger charge is 2.33. The molecule has 158 valence electrons. The number of rotatable bonds is 4. The molecule has 0 spiro atoms. The summed E-state index contributed by atoms with van der Waals surface area (Å²) in [7, 11) is -3.93. The summed E-state index contributed by atoms with van der Waals surface area (Å²) in [6.45, 7) is 0.336. The molecular formula is C16H13Cl2F3N2O4S2. The number of benzene rings is 1.